The monoisotopic (exact) mass is 311 g/mol. The molecule has 0 spiro atoms. The SMILES string of the molecule is CCCCOCCCNC(=NC)N(C)CCc1cccs1. The number of hydrogen-bond acceptors (Lipinski definition) is 3. The van der Waals surface area contributed by atoms with Gasteiger partial charge >= 0.3 is 0 Å². The van der Waals surface area contributed by atoms with Crippen LogP contribution in [0.1, 0.15) is 31.1 Å². The van der Waals surface area contributed by atoms with Crippen molar-refractivity contribution in [3.8, 4) is 0 Å². The summed E-state index contributed by atoms with van der Waals surface area (Å²) < 4.78 is 5.55. The van der Waals surface area contributed by atoms with E-state index >= 15 is 0 Å². The number of ether oxygens (including phenoxy) is 1. The molecule has 0 aliphatic rings. The van der Waals surface area contributed by atoms with E-state index in [9.17, 15) is 0 Å². The third-order valence-electron chi connectivity index (χ3n) is 3.24. The molecule has 5 heteroatoms. The second-order valence-electron chi connectivity index (χ2n) is 5.04. The number of unbranched alkanes of at least 4 members (excludes halogenated alkanes) is 1. The Labute approximate surface area is 133 Å². The molecule has 0 atom stereocenters. The zero-order valence-electron chi connectivity index (χ0n) is 13.6. The van der Waals surface area contributed by atoms with Crippen molar-refractivity contribution >= 4 is 17.3 Å². The minimum absolute atomic E-state index is 0.822. The van der Waals surface area contributed by atoms with E-state index in [0.29, 0.717) is 0 Å². The fourth-order valence-corrected chi connectivity index (χ4v) is 2.64. The summed E-state index contributed by atoms with van der Waals surface area (Å²) in [6, 6.07) is 4.29. The van der Waals surface area contributed by atoms with E-state index < -0.39 is 0 Å². The van der Waals surface area contributed by atoms with Gasteiger partial charge < -0.3 is 15.0 Å². The Bertz CT molecular complexity index is 379. The van der Waals surface area contributed by atoms with Crippen molar-refractivity contribution in [3.05, 3.63) is 22.4 Å². The molecule has 120 valence electrons. The summed E-state index contributed by atoms with van der Waals surface area (Å²) in [4.78, 5) is 7.93. The van der Waals surface area contributed by atoms with Crippen LogP contribution in [0, 0.1) is 0 Å². The van der Waals surface area contributed by atoms with E-state index in [1.54, 1.807) is 0 Å². The highest BCUT2D eigenvalue weighted by molar-refractivity contribution is 7.09. The van der Waals surface area contributed by atoms with Gasteiger partial charge in [0.15, 0.2) is 5.96 Å². The Hall–Kier alpha value is -1.07. The first-order valence-electron chi connectivity index (χ1n) is 7.79. The first kappa shape index (κ1) is 18.0. The molecule has 1 heterocycles. The Morgan fingerprint density at radius 3 is 2.86 bits per heavy atom. The van der Waals surface area contributed by atoms with Crippen LogP contribution in [0.4, 0.5) is 0 Å². The lowest BCUT2D eigenvalue weighted by molar-refractivity contribution is 0.129. The molecule has 0 aliphatic carbocycles. The maximum atomic E-state index is 5.55. The molecule has 4 nitrogen and oxygen atoms in total. The van der Waals surface area contributed by atoms with Crippen molar-refractivity contribution in [2.45, 2.75) is 32.6 Å². The smallest absolute Gasteiger partial charge is 0.193 e. The fourth-order valence-electron chi connectivity index (χ4n) is 1.95. The Kier molecular flexibility index (Phi) is 9.91. The number of guanidine groups is 1. The maximum absolute atomic E-state index is 5.55. The van der Waals surface area contributed by atoms with Gasteiger partial charge in [-0.1, -0.05) is 19.4 Å². The molecular formula is C16H29N3OS. The Balaban J connectivity index is 2.12. The molecule has 0 saturated heterocycles. The maximum Gasteiger partial charge on any atom is 0.193 e. The van der Waals surface area contributed by atoms with Gasteiger partial charge in [0.05, 0.1) is 0 Å². The van der Waals surface area contributed by atoms with Gasteiger partial charge in [-0.15, -0.1) is 11.3 Å². The van der Waals surface area contributed by atoms with Crippen molar-refractivity contribution in [2.75, 3.05) is 40.4 Å². The summed E-state index contributed by atoms with van der Waals surface area (Å²) in [5.41, 5.74) is 0. The van der Waals surface area contributed by atoms with E-state index in [4.69, 9.17) is 4.74 Å². The van der Waals surface area contributed by atoms with Crippen molar-refractivity contribution in [1.82, 2.24) is 10.2 Å². The van der Waals surface area contributed by atoms with Crippen LogP contribution in [0.2, 0.25) is 0 Å². The van der Waals surface area contributed by atoms with Crippen LogP contribution >= 0.6 is 11.3 Å². The minimum Gasteiger partial charge on any atom is -0.381 e. The molecule has 0 radical (unpaired) electrons. The third kappa shape index (κ3) is 8.07. The Morgan fingerprint density at radius 2 is 2.19 bits per heavy atom. The Morgan fingerprint density at radius 1 is 1.38 bits per heavy atom. The molecule has 0 amide bonds. The van der Waals surface area contributed by atoms with E-state index in [-0.39, 0.29) is 0 Å². The van der Waals surface area contributed by atoms with Crippen molar-refractivity contribution in [2.24, 2.45) is 4.99 Å². The molecule has 0 saturated carbocycles. The number of hydrogen-bond donors (Lipinski definition) is 1. The zero-order valence-corrected chi connectivity index (χ0v) is 14.4. The summed E-state index contributed by atoms with van der Waals surface area (Å²) in [7, 11) is 3.92. The van der Waals surface area contributed by atoms with Gasteiger partial charge in [0.1, 0.15) is 0 Å². The largest absolute Gasteiger partial charge is 0.381 e. The van der Waals surface area contributed by atoms with Gasteiger partial charge in [0.2, 0.25) is 0 Å². The minimum atomic E-state index is 0.822. The average Bonchev–Trinajstić information content (AvgIpc) is 3.01. The number of nitrogens with one attached hydrogen (secondary N) is 1. The average molecular weight is 311 g/mol. The highest BCUT2D eigenvalue weighted by atomic mass is 32.1. The lowest BCUT2D eigenvalue weighted by Gasteiger charge is -2.21. The predicted molar refractivity (Wildman–Crippen MR) is 92.4 cm³/mol. The van der Waals surface area contributed by atoms with Gasteiger partial charge in [-0.2, -0.15) is 0 Å². The van der Waals surface area contributed by atoms with Crippen LogP contribution in [0.3, 0.4) is 0 Å². The summed E-state index contributed by atoms with van der Waals surface area (Å²) in [6.45, 7) is 5.77. The van der Waals surface area contributed by atoms with E-state index in [0.717, 1.165) is 51.5 Å². The van der Waals surface area contributed by atoms with E-state index in [2.05, 4.69) is 46.7 Å². The fraction of sp³-hybridized carbons (Fsp3) is 0.688. The van der Waals surface area contributed by atoms with Crippen LogP contribution < -0.4 is 5.32 Å². The summed E-state index contributed by atoms with van der Waals surface area (Å²) >= 11 is 1.81. The molecule has 0 aliphatic heterocycles. The van der Waals surface area contributed by atoms with Gasteiger partial charge in [-0.25, -0.2) is 0 Å². The van der Waals surface area contributed by atoms with E-state index in [1.165, 1.54) is 11.3 Å². The number of aliphatic imine (C=N–C) groups is 1. The van der Waals surface area contributed by atoms with Crippen LogP contribution in [-0.2, 0) is 11.2 Å². The number of likely N-dealkylation sites (N-methyl/N-ethyl adjacent to an activating group) is 1. The predicted octanol–water partition coefficient (Wildman–Crippen LogP) is 3.00. The van der Waals surface area contributed by atoms with Gasteiger partial charge in [0, 0.05) is 45.3 Å². The summed E-state index contributed by atoms with van der Waals surface area (Å²) in [5, 5.41) is 5.52. The second-order valence-corrected chi connectivity index (χ2v) is 6.08. The standard InChI is InChI=1S/C16H29N3OS/c1-4-5-12-20-13-7-10-18-16(17-2)19(3)11-9-15-8-6-14-21-15/h6,8,14H,4-5,7,9-13H2,1-3H3,(H,17,18). The normalized spacial score (nSPS) is 11.7. The number of nitrogens with zero attached hydrogens (tertiary/aromatic N) is 2. The van der Waals surface area contributed by atoms with Crippen LogP contribution in [0.5, 0.6) is 0 Å². The lowest BCUT2D eigenvalue weighted by Crippen LogP contribution is -2.40. The molecule has 1 N–H and O–H groups in total. The molecule has 0 unspecified atom stereocenters. The van der Waals surface area contributed by atoms with Gasteiger partial charge in [-0.05, 0) is 30.7 Å². The number of thiophene rings is 1. The topological polar surface area (TPSA) is 36.9 Å². The van der Waals surface area contributed by atoms with Crippen LogP contribution in [0.25, 0.3) is 0 Å². The van der Waals surface area contributed by atoms with Crippen molar-refractivity contribution in [3.63, 3.8) is 0 Å². The van der Waals surface area contributed by atoms with Gasteiger partial charge in [-0.3, -0.25) is 4.99 Å². The zero-order chi connectivity index (χ0) is 15.3. The van der Waals surface area contributed by atoms with Crippen LogP contribution in [0.15, 0.2) is 22.5 Å². The molecule has 1 aromatic rings. The molecule has 0 fully saturated rings. The van der Waals surface area contributed by atoms with Crippen molar-refractivity contribution < 1.29 is 4.74 Å². The van der Waals surface area contributed by atoms with E-state index in [1.807, 2.05) is 18.4 Å². The van der Waals surface area contributed by atoms with Gasteiger partial charge in [0.25, 0.3) is 0 Å². The third-order valence-corrected chi connectivity index (χ3v) is 4.17. The number of rotatable bonds is 10. The summed E-state index contributed by atoms with van der Waals surface area (Å²) in [5.74, 6) is 0.958. The molecule has 1 rings (SSSR count). The van der Waals surface area contributed by atoms with Crippen LogP contribution in [-0.4, -0.2) is 51.3 Å². The highest BCUT2D eigenvalue weighted by Crippen LogP contribution is 2.09. The molecule has 0 aromatic carbocycles. The second kappa shape index (κ2) is 11.6. The summed E-state index contributed by atoms with van der Waals surface area (Å²) in [6.07, 6.45) is 4.43. The molecule has 1 aromatic heterocycles. The lowest BCUT2D eigenvalue weighted by atomic mass is 10.3. The molecule has 21 heavy (non-hydrogen) atoms. The quantitative estimate of drug-likeness (QED) is 0.410. The highest BCUT2D eigenvalue weighted by Gasteiger charge is 2.05. The molecule has 0 bridgehead atoms. The first-order valence-corrected chi connectivity index (χ1v) is 8.67. The molecular weight excluding hydrogens is 282 g/mol. The van der Waals surface area contributed by atoms with Crippen molar-refractivity contribution in [1.29, 1.82) is 0 Å². The first-order chi connectivity index (χ1) is 10.3.